The van der Waals surface area contributed by atoms with Crippen LogP contribution in [0.4, 0.5) is 0 Å². The van der Waals surface area contributed by atoms with E-state index in [9.17, 15) is 8.42 Å². The molecule has 1 saturated heterocycles. The first-order chi connectivity index (χ1) is 8.55. The van der Waals surface area contributed by atoms with Crippen LogP contribution < -0.4 is 0 Å². The topological polar surface area (TPSA) is 64.4 Å². The lowest BCUT2D eigenvalue weighted by atomic mass is 10.2. The minimum absolute atomic E-state index is 0.124. The second kappa shape index (κ2) is 5.55. The number of piperazine rings is 1. The molecule has 18 heavy (non-hydrogen) atoms. The Morgan fingerprint density at radius 1 is 1.17 bits per heavy atom. The Hall–Kier alpha value is -0.640. The van der Waals surface area contributed by atoms with Crippen LogP contribution in [0.5, 0.6) is 0 Å². The van der Waals surface area contributed by atoms with Crippen molar-refractivity contribution in [2.45, 2.75) is 43.9 Å². The van der Waals surface area contributed by atoms with Gasteiger partial charge in [-0.25, -0.2) is 8.42 Å². The lowest BCUT2D eigenvalue weighted by molar-refractivity contribution is 0.169. The molecule has 0 N–H and O–H groups in total. The molecule has 1 aliphatic heterocycles. The molecule has 6 heteroatoms. The summed E-state index contributed by atoms with van der Waals surface area (Å²) in [6.45, 7) is 4.26. The zero-order valence-corrected chi connectivity index (χ0v) is 11.7. The van der Waals surface area contributed by atoms with Crippen molar-refractivity contribution < 1.29 is 8.42 Å². The van der Waals surface area contributed by atoms with E-state index in [1.807, 2.05) is 11.8 Å². The van der Waals surface area contributed by atoms with E-state index in [2.05, 4.69) is 6.07 Å². The fraction of sp³-hybridized carbons (Fsp3) is 0.917. The monoisotopic (exact) mass is 271 g/mol. The maximum absolute atomic E-state index is 12.4. The van der Waals surface area contributed by atoms with Crippen LogP contribution in [-0.4, -0.2) is 55.1 Å². The Labute approximate surface area is 109 Å². The SMILES string of the molecule is CC(C#N)N1CCN(S(=O)(=O)C2CCCC2)CC1. The highest BCUT2D eigenvalue weighted by Gasteiger charge is 2.36. The molecule has 2 rings (SSSR count). The van der Waals surface area contributed by atoms with Gasteiger partial charge in [0.1, 0.15) is 0 Å². The lowest BCUT2D eigenvalue weighted by Crippen LogP contribution is -2.52. The molecule has 0 aromatic rings. The molecule has 1 heterocycles. The number of hydrogen-bond acceptors (Lipinski definition) is 4. The van der Waals surface area contributed by atoms with Gasteiger partial charge < -0.3 is 0 Å². The second-order valence-corrected chi connectivity index (χ2v) is 7.40. The van der Waals surface area contributed by atoms with Crippen molar-refractivity contribution in [2.75, 3.05) is 26.2 Å². The van der Waals surface area contributed by atoms with Crippen LogP contribution in [-0.2, 0) is 10.0 Å². The average molecular weight is 271 g/mol. The van der Waals surface area contributed by atoms with Crippen molar-refractivity contribution in [3.63, 3.8) is 0 Å². The third kappa shape index (κ3) is 2.68. The van der Waals surface area contributed by atoms with Gasteiger partial charge in [-0.2, -0.15) is 9.57 Å². The van der Waals surface area contributed by atoms with Crippen molar-refractivity contribution in [1.29, 1.82) is 5.26 Å². The normalized spacial score (nSPS) is 26.0. The van der Waals surface area contributed by atoms with E-state index >= 15 is 0 Å². The number of sulfonamides is 1. The third-order valence-electron chi connectivity index (χ3n) is 4.09. The zero-order chi connectivity index (χ0) is 13.2. The zero-order valence-electron chi connectivity index (χ0n) is 10.9. The van der Waals surface area contributed by atoms with E-state index in [-0.39, 0.29) is 11.3 Å². The molecule has 1 aliphatic carbocycles. The molecule has 1 saturated carbocycles. The fourth-order valence-electron chi connectivity index (χ4n) is 2.82. The second-order valence-electron chi connectivity index (χ2n) is 5.19. The Morgan fingerprint density at radius 3 is 2.22 bits per heavy atom. The van der Waals surface area contributed by atoms with Crippen molar-refractivity contribution in [3.8, 4) is 6.07 Å². The van der Waals surface area contributed by atoms with Crippen LogP contribution in [0, 0.1) is 11.3 Å². The van der Waals surface area contributed by atoms with Crippen molar-refractivity contribution in [3.05, 3.63) is 0 Å². The van der Waals surface area contributed by atoms with E-state index in [0.717, 1.165) is 25.7 Å². The Balaban J connectivity index is 1.95. The molecule has 1 unspecified atom stereocenters. The first-order valence-electron chi connectivity index (χ1n) is 6.68. The fourth-order valence-corrected chi connectivity index (χ4v) is 4.85. The van der Waals surface area contributed by atoms with Crippen LogP contribution in [0.3, 0.4) is 0 Å². The Kier molecular flexibility index (Phi) is 4.25. The highest BCUT2D eigenvalue weighted by molar-refractivity contribution is 7.89. The van der Waals surface area contributed by atoms with Gasteiger partial charge in [-0.05, 0) is 19.8 Å². The van der Waals surface area contributed by atoms with Crippen molar-refractivity contribution in [1.82, 2.24) is 9.21 Å². The quantitative estimate of drug-likeness (QED) is 0.761. The number of nitriles is 1. The predicted octanol–water partition coefficient (Wildman–Crippen LogP) is 0.788. The predicted molar refractivity (Wildman–Crippen MR) is 69.4 cm³/mol. The molecule has 2 aliphatic rings. The van der Waals surface area contributed by atoms with Crippen LogP contribution in [0.25, 0.3) is 0 Å². The molecule has 2 fully saturated rings. The standard InChI is InChI=1S/C12H21N3O2S/c1-11(10-13)14-6-8-15(9-7-14)18(16,17)12-4-2-3-5-12/h11-12H,2-9H2,1H3. The summed E-state index contributed by atoms with van der Waals surface area (Å²) >= 11 is 0. The maximum atomic E-state index is 12.4. The average Bonchev–Trinajstić information content (AvgIpc) is 2.92. The third-order valence-corrected chi connectivity index (χ3v) is 6.49. The van der Waals surface area contributed by atoms with Gasteiger partial charge >= 0.3 is 0 Å². The Bertz CT molecular complexity index is 415. The largest absolute Gasteiger partial charge is 0.286 e. The first kappa shape index (κ1) is 13.8. The smallest absolute Gasteiger partial charge is 0.217 e. The van der Waals surface area contributed by atoms with Gasteiger partial charge in [0, 0.05) is 26.2 Å². The molecule has 5 nitrogen and oxygen atoms in total. The van der Waals surface area contributed by atoms with E-state index in [4.69, 9.17) is 5.26 Å². The van der Waals surface area contributed by atoms with Crippen LogP contribution in [0.1, 0.15) is 32.6 Å². The summed E-state index contributed by atoms with van der Waals surface area (Å²) in [6, 6.07) is 2.08. The van der Waals surface area contributed by atoms with Gasteiger partial charge in [-0.15, -0.1) is 0 Å². The number of hydrogen-bond donors (Lipinski definition) is 0. The summed E-state index contributed by atoms with van der Waals surface area (Å²) in [7, 11) is -3.09. The summed E-state index contributed by atoms with van der Waals surface area (Å²) in [5, 5.41) is 8.71. The first-order valence-corrected chi connectivity index (χ1v) is 8.18. The van der Waals surface area contributed by atoms with E-state index in [0.29, 0.717) is 26.2 Å². The molecular formula is C12H21N3O2S. The summed E-state index contributed by atoms with van der Waals surface area (Å²) in [5.41, 5.74) is 0. The summed E-state index contributed by atoms with van der Waals surface area (Å²) in [6.07, 6.45) is 3.71. The molecule has 0 radical (unpaired) electrons. The molecule has 0 amide bonds. The summed E-state index contributed by atoms with van der Waals surface area (Å²) in [5.74, 6) is 0. The van der Waals surface area contributed by atoms with Gasteiger partial charge in [-0.1, -0.05) is 12.8 Å². The summed E-state index contributed by atoms with van der Waals surface area (Å²) < 4.78 is 26.4. The maximum Gasteiger partial charge on any atom is 0.217 e. The minimum Gasteiger partial charge on any atom is -0.286 e. The molecule has 0 spiro atoms. The van der Waals surface area contributed by atoms with Crippen molar-refractivity contribution >= 4 is 10.0 Å². The molecule has 0 bridgehead atoms. The minimum atomic E-state index is -3.09. The van der Waals surface area contributed by atoms with E-state index in [1.165, 1.54) is 0 Å². The summed E-state index contributed by atoms with van der Waals surface area (Å²) in [4.78, 5) is 2.04. The van der Waals surface area contributed by atoms with E-state index in [1.54, 1.807) is 4.31 Å². The van der Waals surface area contributed by atoms with Crippen LogP contribution >= 0.6 is 0 Å². The van der Waals surface area contributed by atoms with Gasteiger partial charge in [0.2, 0.25) is 10.0 Å². The highest BCUT2D eigenvalue weighted by atomic mass is 32.2. The lowest BCUT2D eigenvalue weighted by Gasteiger charge is -2.36. The van der Waals surface area contributed by atoms with Crippen molar-refractivity contribution in [2.24, 2.45) is 0 Å². The molecule has 102 valence electrons. The molecule has 1 atom stereocenters. The van der Waals surface area contributed by atoms with Crippen LogP contribution in [0.15, 0.2) is 0 Å². The Morgan fingerprint density at radius 2 is 1.72 bits per heavy atom. The molecule has 0 aromatic carbocycles. The van der Waals surface area contributed by atoms with E-state index < -0.39 is 10.0 Å². The number of rotatable bonds is 3. The van der Waals surface area contributed by atoms with Gasteiger partial charge in [0.05, 0.1) is 17.4 Å². The van der Waals surface area contributed by atoms with Gasteiger partial charge in [0.15, 0.2) is 0 Å². The van der Waals surface area contributed by atoms with Crippen LogP contribution in [0.2, 0.25) is 0 Å². The number of nitrogens with zero attached hydrogens (tertiary/aromatic N) is 3. The molecular weight excluding hydrogens is 250 g/mol. The van der Waals surface area contributed by atoms with Gasteiger partial charge in [0.25, 0.3) is 0 Å². The highest BCUT2D eigenvalue weighted by Crippen LogP contribution is 2.27. The molecule has 0 aromatic heterocycles. The van der Waals surface area contributed by atoms with Gasteiger partial charge in [-0.3, -0.25) is 4.90 Å².